The highest BCUT2D eigenvalue weighted by Gasteiger charge is 2.24. The zero-order chi connectivity index (χ0) is 14.6. The predicted molar refractivity (Wildman–Crippen MR) is 73.7 cm³/mol. The number of hydrogen-bond acceptors (Lipinski definition) is 3. The third kappa shape index (κ3) is 4.28. The second kappa shape index (κ2) is 6.10. The van der Waals surface area contributed by atoms with Gasteiger partial charge in [0.1, 0.15) is 5.82 Å². The largest absolute Gasteiger partial charge is 0.316 e. The molecule has 19 heavy (non-hydrogen) atoms. The molecule has 5 heteroatoms. The molecule has 0 saturated carbocycles. The third-order valence-electron chi connectivity index (χ3n) is 3.33. The van der Waals surface area contributed by atoms with Gasteiger partial charge in [-0.3, -0.25) is 10.1 Å². The highest BCUT2D eigenvalue weighted by molar-refractivity contribution is 5.40. The van der Waals surface area contributed by atoms with Crippen molar-refractivity contribution in [3.63, 3.8) is 0 Å². The maximum Gasteiger partial charge on any atom is 0.272 e. The molecule has 1 aromatic carbocycles. The molecule has 0 aliphatic carbocycles. The maximum absolute atomic E-state index is 13.2. The van der Waals surface area contributed by atoms with Gasteiger partial charge in [-0.2, -0.15) is 0 Å². The van der Waals surface area contributed by atoms with Gasteiger partial charge in [0.05, 0.1) is 4.92 Å². The summed E-state index contributed by atoms with van der Waals surface area (Å²) in [5.74, 6) is -0.433. The third-order valence-corrected chi connectivity index (χ3v) is 3.33. The number of aryl methyl sites for hydroxylation is 1. The van der Waals surface area contributed by atoms with Gasteiger partial charge in [0.25, 0.3) is 5.69 Å². The van der Waals surface area contributed by atoms with E-state index in [0.717, 1.165) is 12.5 Å². The standard InChI is InChI=1S/C14H21FN2O2/c1-14(2,3)13(16-4)8-5-10-9-11(15)6-7-12(10)17(18)19/h6-7,9,13,16H,5,8H2,1-4H3. The Kier molecular flexibility index (Phi) is 5.00. The molecule has 0 aromatic heterocycles. The molecule has 0 saturated heterocycles. The zero-order valence-corrected chi connectivity index (χ0v) is 11.9. The van der Waals surface area contributed by atoms with E-state index in [1.165, 1.54) is 12.1 Å². The van der Waals surface area contributed by atoms with Crippen molar-refractivity contribution in [2.75, 3.05) is 7.05 Å². The number of nitrogens with one attached hydrogen (secondary N) is 1. The van der Waals surface area contributed by atoms with E-state index in [-0.39, 0.29) is 17.1 Å². The van der Waals surface area contributed by atoms with Gasteiger partial charge >= 0.3 is 0 Å². The van der Waals surface area contributed by atoms with E-state index < -0.39 is 10.7 Å². The average Bonchev–Trinajstić information content (AvgIpc) is 2.27. The molecule has 0 fully saturated rings. The molecular weight excluding hydrogens is 247 g/mol. The molecule has 1 aromatic rings. The van der Waals surface area contributed by atoms with E-state index in [1.54, 1.807) is 0 Å². The summed E-state index contributed by atoms with van der Waals surface area (Å²) in [7, 11) is 1.87. The monoisotopic (exact) mass is 268 g/mol. The van der Waals surface area contributed by atoms with Crippen LogP contribution in [0.3, 0.4) is 0 Å². The number of hydrogen-bond donors (Lipinski definition) is 1. The van der Waals surface area contributed by atoms with Crippen LogP contribution in [-0.4, -0.2) is 18.0 Å². The Hall–Kier alpha value is -1.49. The first kappa shape index (κ1) is 15.6. The van der Waals surface area contributed by atoms with E-state index in [0.29, 0.717) is 12.0 Å². The number of rotatable bonds is 5. The lowest BCUT2D eigenvalue weighted by Crippen LogP contribution is -2.38. The van der Waals surface area contributed by atoms with Crippen LogP contribution >= 0.6 is 0 Å². The number of benzene rings is 1. The van der Waals surface area contributed by atoms with Crippen LogP contribution in [0, 0.1) is 21.3 Å². The van der Waals surface area contributed by atoms with Crippen molar-refractivity contribution in [2.24, 2.45) is 5.41 Å². The van der Waals surface area contributed by atoms with Gasteiger partial charge in [-0.25, -0.2) is 4.39 Å². The first-order valence-corrected chi connectivity index (χ1v) is 6.35. The van der Waals surface area contributed by atoms with Crippen LogP contribution in [0.15, 0.2) is 18.2 Å². The van der Waals surface area contributed by atoms with E-state index in [9.17, 15) is 14.5 Å². The summed E-state index contributed by atoms with van der Waals surface area (Å²) in [5, 5.41) is 14.1. The fourth-order valence-electron chi connectivity index (χ4n) is 2.24. The minimum atomic E-state index is -0.458. The Morgan fingerprint density at radius 1 is 1.42 bits per heavy atom. The Morgan fingerprint density at radius 3 is 2.53 bits per heavy atom. The summed E-state index contributed by atoms with van der Waals surface area (Å²) in [6.07, 6.45) is 1.21. The summed E-state index contributed by atoms with van der Waals surface area (Å²) in [5.41, 5.74) is 0.497. The van der Waals surface area contributed by atoms with Gasteiger partial charge in [-0.15, -0.1) is 0 Å². The molecule has 0 spiro atoms. The highest BCUT2D eigenvalue weighted by atomic mass is 19.1. The van der Waals surface area contributed by atoms with E-state index in [1.807, 2.05) is 7.05 Å². The molecule has 0 aliphatic rings. The molecule has 1 N–H and O–H groups in total. The Balaban J connectivity index is 2.87. The number of halogens is 1. The van der Waals surface area contributed by atoms with Crippen molar-refractivity contribution >= 4 is 5.69 Å². The van der Waals surface area contributed by atoms with Crippen molar-refractivity contribution in [1.29, 1.82) is 0 Å². The summed E-state index contributed by atoms with van der Waals surface area (Å²) in [4.78, 5) is 10.5. The predicted octanol–water partition coefficient (Wildman–Crippen LogP) is 3.30. The summed E-state index contributed by atoms with van der Waals surface area (Å²) >= 11 is 0. The quantitative estimate of drug-likeness (QED) is 0.658. The molecular formula is C14H21FN2O2. The second-order valence-corrected chi connectivity index (χ2v) is 5.78. The number of nitro benzene ring substituents is 1. The fraction of sp³-hybridized carbons (Fsp3) is 0.571. The van der Waals surface area contributed by atoms with Gasteiger partial charge in [0, 0.05) is 17.7 Å². The Labute approximate surface area is 113 Å². The summed E-state index contributed by atoms with van der Waals surface area (Å²) < 4.78 is 13.2. The first-order valence-electron chi connectivity index (χ1n) is 6.35. The van der Waals surface area contributed by atoms with Gasteiger partial charge in [0.2, 0.25) is 0 Å². The van der Waals surface area contributed by atoms with Crippen LogP contribution in [0.25, 0.3) is 0 Å². The summed E-state index contributed by atoms with van der Waals surface area (Å²) in [6.45, 7) is 6.32. The van der Waals surface area contributed by atoms with Crippen molar-refractivity contribution in [3.8, 4) is 0 Å². The second-order valence-electron chi connectivity index (χ2n) is 5.78. The minimum Gasteiger partial charge on any atom is -0.316 e. The molecule has 0 bridgehead atoms. The van der Waals surface area contributed by atoms with Gasteiger partial charge in [0.15, 0.2) is 0 Å². The van der Waals surface area contributed by atoms with Crippen molar-refractivity contribution in [3.05, 3.63) is 39.7 Å². The smallest absolute Gasteiger partial charge is 0.272 e. The Morgan fingerprint density at radius 2 is 2.05 bits per heavy atom. The highest BCUT2D eigenvalue weighted by Crippen LogP contribution is 2.26. The van der Waals surface area contributed by atoms with E-state index in [2.05, 4.69) is 26.1 Å². The number of nitrogens with zero attached hydrogens (tertiary/aromatic N) is 1. The normalized spacial score (nSPS) is 13.3. The molecule has 0 aliphatic heterocycles. The van der Waals surface area contributed by atoms with E-state index >= 15 is 0 Å². The maximum atomic E-state index is 13.2. The summed E-state index contributed by atoms with van der Waals surface area (Å²) in [6, 6.07) is 3.83. The molecule has 1 unspecified atom stereocenters. The topological polar surface area (TPSA) is 55.2 Å². The average molecular weight is 268 g/mol. The fourth-order valence-corrected chi connectivity index (χ4v) is 2.24. The number of nitro groups is 1. The zero-order valence-electron chi connectivity index (χ0n) is 11.9. The van der Waals surface area contributed by atoms with Gasteiger partial charge in [-0.05, 0) is 37.4 Å². The molecule has 0 amide bonds. The molecule has 0 radical (unpaired) electrons. The minimum absolute atomic E-state index is 0.00911. The van der Waals surface area contributed by atoms with Crippen LogP contribution in [-0.2, 0) is 6.42 Å². The van der Waals surface area contributed by atoms with Gasteiger partial charge < -0.3 is 5.32 Å². The van der Waals surface area contributed by atoms with Crippen molar-refractivity contribution in [2.45, 2.75) is 39.7 Å². The molecule has 0 heterocycles. The van der Waals surface area contributed by atoms with Crippen LogP contribution in [0.1, 0.15) is 32.8 Å². The lowest BCUT2D eigenvalue weighted by molar-refractivity contribution is -0.385. The molecule has 1 rings (SSSR count). The van der Waals surface area contributed by atoms with Crippen LogP contribution in [0.5, 0.6) is 0 Å². The molecule has 4 nitrogen and oxygen atoms in total. The first-order chi connectivity index (χ1) is 8.75. The lowest BCUT2D eigenvalue weighted by Gasteiger charge is -2.30. The van der Waals surface area contributed by atoms with Crippen molar-refractivity contribution < 1.29 is 9.31 Å². The molecule has 106 valence electrons. The SMILES string of the molecule is CNC(CCc1cc(F)ccc1[N+](=O)[O-])C(C)(C)C. The Bertz CT molecular complexity index is 455. The van der Waals surface area contributed by atoms with Crippen LogP contribution in [0.4, 0.5) is 10.1 Å². The van der Waals surface area contributed by atoms with E-state index in [4.69, 9.17) is 0 Å². The van der Waals surface area contributed by atoms with Crippen LogP contribution < -0.4 is 5.32 Å². The molecule has 1 atom stereocenters. The lowest BCUT2D eigenvalue weighted by atomic mass is 9.83. The van der Waals surface area contributed by atoms with Crippen molar-refractivity contribution in [1.82, 2.24) is 5.32 Å². The van der Waals surface area contributed by atoms with Crippen LogP contribution in [0.2, 0.25) is 0 Å². The van der Waals surface area contributed by atoms with Gasteiger partial charge in [-0.1, -0.05) is 20.8 Å².